The Hall–Kier alpha value is -5.07. The van der Waals surface area contributed by atoms with E-state index in [0.717, 1.165) is 0 Å². The van der Waals surface area contributed by atoms with Crippen LogP contribution in [0.4, 0.5) is 5.69 Å². The molecular formula is C24H19N3O10. The molecule has 2 aromatic carbocycles. The summed E-state index contributed by atoms with van der Waals surface area (Å²) in [6, 6.07) is 11.9. The lowest BCUT2D eigenvalue weighted by atomic mass is 10.1. The molecule has 4 rings (SSSR count). The highest BCUT2D eigenvalue weighted by molar-refractivity contribution is 6.02. The summed E-state index contributed by atoms with van der Waals surface area (Å²) >= 11 is 0. The summed E-state index contributed by atoms with van der Waals surface area (Å²) in [5.41, 5.74) is -1.03. The Labute approximate surface area is 207 Å². The first-order chi connectivity index (χ1) is 17.6. The summed E-state index contributed by atoms with van der Waals surface area (Å²) in [6.07, 6.45) is -0.843. The van der Waals surface area contributed by atoms with Gasteiger partial charge < -0.3 is 19.3 Å². The zero-order chi connectivity index (χ0) is 26.7. The summed E-state index contributed by atoms with van der Waals surface area (Å²) < 4.78 is 11.0. The third-order valence-corrected chi connectivity index (χ3v) is 5.43. The zero-order valence-electron chi connectivity index (χ0n) is 19.3. The smallest absolute Gasteiger partial charge is 0.352 e. The van der Waals surface area contributed by atoms with Gasteiger partial charge in [0.05, 0.1) is 10.5 Å². The molecule has 3 amide bonds. The number of benzene rings is 2. The number of nitro groups is 1. The summed E-state index contributed by atoms with van der Waals surface area (Å²) in [5, 5.41) is 14.2. The van der Waals surface area contributed by atoms with E-state index in [1.54, 1.807) is 25.1 Å². The fraction of sp³-hybridized carbons (Fsp3) is 0.208. The minimum Gasteiger partial charge on any atom is -0.486 e. The van der Waals surface area contributed by atoms with E-state index >= 15 is 0 Å². The van der Waals surface area contributed by atoms with Gasteiger partial charge in [0.25, 0.3) is 23.4 Å². The van der Waals surface area contributed by atoms with Gasteiger partial charge in [0, 0.05) is 30.4 Å². The first-order valence-electron chi connectivity index (χ1n) is 11.0. The van der Waals surface area contributed by atoms with E-state index in [2.05, 4.69) is 10.2 Å². The predicted molar refractivity (Wildman–Crippen MR) is 124 cm³/mol. The third-order valence-electron chi connectivity index (χ3n) is 5.43. The number of para-hydroxylation sites is 1. The van der Waals surface area contributed by atoms with Crippen LogP contribution < -0.4 is 15.7 Å². The van der Waals surface area contributed by atoms with Gasteiger partial charge in [0.1, 0.15) is 29.5 Å². The van der Waals surface area contributed by atoms with Crippen molar-refractivity contribution in [1.29, 1.82) is 0 Å². The second-order valence-corrected chi connectivity index (χ2v) is 7.95. The van der Waals surface area contributed by atoms with Crippen LogP contribution >= 0.6 is 0 Å². The molecule has 13 heteroatoms. The van der Waals surface area contributed by atoms with Gasteiger partial charge in [-0.05, 0) is 31.2 Å². The molecule has 13 nitrogen and oxygen atoms in total. The second-order valence-electron chi connectivity index (χ2n) is 7.95. The normalized spacial score (nSPS) is 13.9. The second kappa shape index (κ2) is 10.3. The number of rotatable bonds is 8. The minimum atomic E-state index is -1.07. The molecule has 190 valence electrons. The number of ether oxygens (including phenoxy) is 1. The molecule has 0 spiro atoms. The van der Waals surface area contributed by atoms with E-state index in [0.29, 0.717) is 16.0 Å². The number of hydrogen-bond donors (Lipinski definition) is 1. The summed E-state index contributed by atoms with van der Waals surface area (Å²) in [6.45, 7) is 0.931. The molecule has 1 aromatic heterocycles. The molecule has 2 heterocycles. The van der Waals surface area contributed by atoms with Crippen molar-refractivity contribution in [3.63, 3.8) is 0 Å². The largest absolute Gasteiger partial charge is 0.486 e. The first-order valence-corrected chi connectivity index (χ1v) is 11.0. The lowest BCUT2D eigenvalue weighted by molar-refractivity contribution is -0.386. The van der Waals surface area contributed by atoms with Gasteiger partial charge in [-0.1, -0.05) is 12.1 Å². The van der Waals surface area contributed by atoms with Crippen LogP contribution in [0.3, 0.4) is 0 Å². The summed E-state index contributed by atoms with van der Waals surface area (Å²) in [4.78, 5) is 75.1. The number of carbonyl (C=O) groups is 4. The standard InChI is InChI=1S/C24H19N3O10/c1-13(16-4-2-3-5-18(16)27(33)34)35-15-7-6-14-10-17(24(32)36-19(14)11-15)23(31)25-12-22(30)37-26-20(28)8-9-21(26)29/h2-7,10-11,13H,8-9,12H2,1H3,(H,25,31). The number of hydrogen-bond acceptors (Lipinski definition) is 10. The van der Waals surface area contributed by atoms with Gasteiger partial charge in [-0.2, -0.15) is 0 Å². The van der Waals surface area contributed by atoms with Crippen molar-refractivity contribution in [2.45, 2.75) is 25.9 Å². The average molecular weight is 509 g/mol. The third kappa shape index (κ3) is 5.45. The van der Waals surface area contributed by atoms with E-state index in [1.165, 1.54) is 30.3 Å². The molecule has 1 atom stereocenters. The highest BCUT2D eigenvalue weighted by Crippen LogP contribution is 2.30. The quantitative estimate of drug-likeness (QED) is 0.205. The number of imide groups is 1. The van der Waals surface area contributed by atoms with Gasteiger partial charge in [-0.15, -0.1) is 5.06 Å². The maximum atomic E-state index is 12.4. The highest BCUT2D eigenvalue weighted by atomic mass is 16.7. The number of amides is 3. The fourth-order valence-corrected chi connectivity index (χ4v) is 3.63. The molecule has 37 heavy (non-hydrogen) atoms. The molecule has 1 saturated heterocycles. The number of nitro benzene ring substituents is 1. The van der Waals surface area contributed by atoms with Crippen molar-refractivity contribution in [3.8, 4) is 5.75 Å². The molecule has 1 unspecified atom stereocenters. The van der Waals surface area contributed by atoms with Crippen LogP contribution in [-0.2, 0) is 19.2 Å². The topological polar surface area (TPSA) is 175 Å². The van der Waals surface area contributed by atoms with Gasteiger partial charge in [-0.25, -0.2) is 9.59 Å². The first kappa shape index (κ1) is 25.0. The van der Waals surface area contributed by atoms with E-state index in [4.69, 9.17) is 9.15 Å². The van der Waals surface area contributed by atoms with Crippen LogP contribution in [0, 0.1) is 10.1 Å². The Balaban J connectivity index is 1.44. The summed E-state index contributed by atoms with van der Waals surface area (Å²) in [5.74, 6) is -3.07. The highest BCUT2D eigenvalue weighted by Gasteiger charge is 2.33. The Bertz CT molecular complexity index is 1480. The molecule has 1 fully saturated rings. The van der Waals surface area contributed by atoms with Crippen molar-refractivity contribution in [2.75, 3.05) is 6.54 Å². The van der Waals surface area contributed by atoms with Crippen LogP contribution in [0.15, 0.2) is 57.7 Å². The number of fused-ring (bicyclic) bond motifs is 1. The lowest BCUT2D eigenvalue weighted by Gasteiger charge is -2.15. The SMILES string of the molecule is CC(Oc1ccc2cc(C(=O)NCC(=O)ON3C(=O)CCC3=O)c(=O)oc2c1)c1ccccc1[N+](=O)[O-]. The average Bonchev–Trinajstić information content (AvgIpc) is 3.18. The van der Waals surface area contributed by atoms with E-state index in [-0.39, 0.29) is 29.9 Å². The number of nitrogens with one attached hydrogen (secondary N) is 1. The van der Waals surface area contributed by atoms with E-state index < -0.39 is 52.5 Å². The van der Waals surface area contributed by atoms with Gasteiger partial charge in [0.2, 0.25) is 0 Å². The maximum Gasteiger partial charge on any atom is 0.352 e. The molecule has 3 aromatic rings. The molecular weight excluding hydrogens is 490 g/mol. The van der Waals surface area contributed by atoms with E-state index in [1.807, 2.05) is 0 Å². The van der Waals surface area contributed by atoms with Gasteiger partial charge in [0.15, 0.2) is 0 Å². The minimum absolute atomic E-state index is 0.0749. The Morgan fingerprint density at radius 2 is 1.81 bits per heavy atom. The van der Waals surface area contributed by atoms with Gasteiger partial charge >= 0.3 is 11.6 Å². The molecule has 0 aliphatic carbocycles. The molecule has 1 aliphatic rings. The van der Waals surface area contributed by atoms with Crippen molar-refractivity contribution in [3.05, 3.63) is 80.2 Å². The van der Waals surface area contributed by atoms with E-state index in [9.17, 15) is 34.1 Å². The van der Waals surface area contributed by atoms with Crippen molar-refractivity contribution < 1.29 is 38.1 Å². The Kier molecular flexibility index (Phi) is 6.95. The van der Waals surface area contributed by atoms with Crippen LogP contribution in [0.5, 0.6) is 5.75 Å². The molecule has 1 aliphatic heterocycles. The molecule has 0 bridgehead atoms. The number of carbonyl (C=O) groups excluding carboxylic acids is 4. The van der Waals surface area contributed by atoms with Crippen LogP contribution in [0.25, 0.3) is 11.0 Å². The monoisotopic (exact) mass is 509 g/mol. The van der Waals surface area contributed by atoms with Crippen molar-refractivity contribution in [2.24, 2.45) is 0 Å². The predicted octanol–water partition coefficient (Wildman–Crippen LogP) is 2.18. The van der Waals surface area contributed by atoms with Crippen LogP contribution in [-0.4, -0.2) is 40.2 Å². The van der Waals surface area contributed by atoms with Gasteiger partial charge in [-0.3, -0.25) is 24.5 Å². The number of nitrogens with zero attached hydrogens (tertiary/aromatic N) is 2. The summed E-state index contributed by atoms with van der Waals surface area (Å²) in [7, 11) is 0. The Morgan fingerprint density at radius 1 is 1.11 bits per heavy atom. The van der Waals surface area contributed by atoms with Crippen molar-refractivity contribution >= 4 is 40.3 Å². The number of hydroxylamine groups is 2. The van der Waals surface area contributed by atoms with Crippen LogP contribution in [0.1, 0.15) is 41.8 Å². The zero-order valence-corrected chi connectivity index (χ0v) is 19.3. The molecule has 1 N–H and O–H groups in total. The Morgan fingerprint density at radius 3 is 2.51 bits per heavy atom. The van der Waals surface area contributed by atoms with Crippen molar-refractivity contribution in [1.82, 2.24) is 10.4 Å². The lowest BCUT2D eigenvalue weighted by Crippen LogP contribution is -2.38. The van der Waals surface area contributed by atoms with Crippen LogP contribution in [0.2, 0.25) is 0 Å². The maximum absolute atomic E-state index is 12.4. The fourth-order valence-electron chi connectivity index (χ4n) is 3.63. The molecule has 0 radical (unpaired) electrons. The molecule has 0 saturated carbocycles.